The minimum Gasteiger partial charge on any atom is -0.482 e. The number of rotatable bonds is 6. The van der Waals surface area contributed by atoms with Gasteiger partial charge in [0.2, 0.25) is 5.91 Å². The zero-order chi connectivity index (χ0) is 22.8. The highest BCUT2D eigenvalue weighted by Gasteiger charge is 2.32. The van der Waals surface area contributed by atoms with Crippen LogP contribution in [0.25, 0.3) is 0 Å². The number of halogens is 2. The van der Waals surface area contributed by atoms with E-state index in [0.29, 0.717) is 11.8 Å². The number of ether oxygens (including phenoxy) is 1. The number of hydrogen-bond donors (Lipinski definition) is 0. The Balaban J connectivity index is 1.68. The SMILES string of the molecule is O=C(CN1C(=O)COc2ccc([N+](=O)[O-])cc21)N(Cc1ccco1)c1ccc(F)cc1F. The molecule has 1 aliphatic heterocycles. The van der Waals surface area contributed by atoms with E-state index in [-0.39, 0.29) is 36.0 Å². The van der Waals surface area contributed by atoms with Crippen LogP contribution in [0.1, 0.15) is 5.76 Å². The molecule has 3 aromatic rings. The maximum Gasteiger partial charge on any atom is 0.271 e. The van der Waals surface area contributed by atoms with E-state index < -0.39 is 34.9 Å². The van der Waals surface area contributed by atoms with Crippen molar-refractivity contribution in [3.8, 4) is 5.75 Å². The first-order chi connectivity index (χ1) is 15.3. The fraction of sp³-hybridized carbons (Fsp3) is 0.143. The summed E-state index contributed by atoms with van der Waals surface area (Å²) in [5.41, 5.74) is -0.467. The molecule has 0 unspecified atom stereocenters. The van der Waals surface area contributed by atoms with Crippen LogP contribution in [0.3, 0.4) is 0 Å². The van der Waals surface area contributed by atoms with Gasteiger partial charge < -0.3 is 14.1 Å². The molecule has 2 heterocycles. The number of amides is 2. The quantitative estimate of drug-likeness (QED) is 0.427. The van der Waals surface area contributed by atoms with Crippen molar-refractivity contribution >= 4 is 28.9 Å². The largest absolute Gasteiger partial charge is 0.482 e. The molecule has 32 heavy (non-hydrogen) atoms. The van der Waals surface area contributed by atoms with E-state index in [1.165, 1.54) is 18.4 Å². The first kappa shape index (κ1) is 21.0. The third kappa shape index (κ3) is 4.13. The van der Waals surface area contributed by atoms with Crippen LogP contribution >= 0.6 is 0 Å². The first-order valence-corrected chi connectivity index (χ1v) is 9.33. The van der Waals surface area contributed by atoms with E-state index >= 15 is 0 Å². The van der Waals surface area contributed by atoms with Crippen molar-refractivity contribution < 1.29 is 32.4 Å². The van der Waals surface area contributed by atoms with Gasteiger partial charge in [-0.3, -0.25) is 24.6 Å². The van der Waals surface area contributed by atoms with Gasteiger partial charge in [0.25, 0.3) is 11.6 Å². The van der Waals surface area contributed by atoms with Gasteiger partial charge in [-0.15, -0.1) is 0 Å². The van der Waals surface area contributed by atoms with Gasteiger partial charge in [0.1, 0.15) is 29.7 Å². The predicted octanol–water partition coefficient (Wildman–Crippen LogP) is 3.42. The molecular weight excluding hydrogens is 428 g/mol. The fourth-order valence-corrected chi connectivity index (χ4v) is 3.26. The molecule has 1 aliphatic rings. The van der Waals surface area contributed by atoms with Crippen molar-refractivity contribution in [2.24, 2.45) is 0 Å². The monoisotopic (exact) mass is 443 g/mol. The summed E-state index contributed by atoms with van der Waals surface area (Å²) in [6.07, 6.45) is 1.37. The van der Waals surface area contributed by atoms with E-state index in [0.717, 1.165) is 28.0 Å². The molecule has 0 saturated carbocycles. The number of hydrogen-bond acceptors (Lipinski definition) is 6. The van der Waals surface area contributed by atoms with Gasteiger partial charge in [-0.05, 0) is 30.3 Å². The summed E-state index contributed by atoms with van der Waals surface area (Å²) in [6, 6.07) is 9.56. The summed E-state index contributed by atoms with van der Waals surface area (Å²) < 4.78 is 38.4. The number of furan rings is 1. The van der Waals surface area contributed by atoms with Crippen molar-refractivity contribution in [3.05, 3.63) is 82.3 Å². The summed E-state index contributed by atoms with van der Waals surface area (Å²) in [7, 11) is 0. The molecule has 1 aromatic heterocycles. The van der Waals surface area contributed by atoms with Crippen molar-refractivity contribution in [3.63, 3.8) is 0 Å². The summed E-state index contributed by atoms with van der Waals surface area (Å²) >= 11 is 0. The van der Waals surface area contributed by atoms with Crippen LogP contribution in [0.5, 0.6) is 5.75 Å². The van der Waals surface area contributed by atoms with Crippen LogP contribution in [0.15, 0.2) is 59.2 Å². The van der Waals surface area contributed by atoms with Gasteiger partial charge in [-0.25, -0.2) is 8.78 Å². The van der Waals surface area contributed by atoms with E-state index in [9.17, 15) is 28.5 Å². The van der Waals surface area contributed by atoms with E-state index in [1.54, 1.807) is 12.1 Å². The van der Waals surface area contributed by atoms with Crippen LogP contribution in [-0.4, -0.2) is 29.9 Å². The molecule has 0 spiro atoms. The number of nitro groups is 1. The lowest BCUT2D eigenvalue weighted by molar-refractivity contribution is -0.384. The van der Waals surface area contributed by atoms with E-state index in [1.807, 2.05) is 0 Å². The molecule has 0 aliphatic carbocycles. The number of anilines is 2. The normalized spacial score (nSPS) is 12.8. The van der Waals surface area contributed by atoms with Crippen LogP contribution in [0.4, 0.5) is 25.8 Å². The Morgan fingerprint density at radius 1 is 1.19 bits per heavy atom. The highest BCUT2D eigenvalue weighted by molar-refractivity contribution is 6.06. The van der Waals surface area contributed by atoms with Crippen molar-refractivity contribution in [2.75, 3.05) is 23.0 Å². The van der Waals surface area contributed by atoms with E-state index in [2.05, 4.69) is 0 Å². The maximum atomic E-state index is 14.5. The lowest BCUT2D eigenvalue weighted by Crippen LogP contribution is -2.46. The Hall–Kier alpha value is -4.28. The molecule has 0 bridgehead atoms. The van der Waals surface area contributed by atoms with Gasteiger partial charge in [-0.2, -0.15) is 0 Å². The zero-order valence-corrected chi connectivity index (χ0v) is 16.4. The van der Waals surface area contributed by atoms with Crippen molar-refractivity contribution in [1.29, 1.82) is 0 Å². The first-order valence-electron chi connectivity index (χ1n) is 9.33. The lowest BCUT2D eigenvalue weighted by Gasteiger charge is -2.31. The summed E-state index contributed by atoms with van der Waals surface area (Å²) in [5.74, 6) is -2.61. The molecule has 4 rings (SSSR count). The number of carbonyl (C=O) groups is 2. The molecule has 0 saturated heterocycles. The molecule has 0 atom stereocenters. The van der Waals surface area contributed by atoms with Gasteiger partial charge >= 0.3 is 0 Å². The van der Waals surface area contributed by atoms with Crippen molar-refractivity contribution in [1.82, 2.24) is 0 Å². The second-order valence-corrected chi connectivity index (χ2v) is 6.83. The van der Waals surface area contributed by atoms with Gasteiger partial charge in [-0.1, -0.05) is 0 Å². The number of carbonyl (C=O) groups excluding carboxylic acids is 2. The topological polar surface area (TPSA) is 106 Å². The third-order valence-electron chi connectivity index (χ3n) is 4.79. The van der Waals surface area contributed by atoms with Gasteiger partial charge in [0.05, 0.1) is 29.1 Å². The number of nitrogens with zero attached hydrogens (tertiary/aromatic N) is 3. The molecule has 0 radical (unpaired) electrons. The molecule has 2 aromatic carbocycles. The summed E-state index contributed by atoms with van der Waals surface area (Å²) in [5, 5.41) is 11.1. The highest BCUT2D eigenvalue weighted by Crippen LogP contribution is 2.35. The average Bonchev–Trinajstić information content (AvgIpc) is 3.27. The lowest BCUT2D eigenvalue weighted by atomic mass is 10.2. The second-order valence-electron chi connectivity index (χ2n) is 6.83. The van der Waals surface area contributed by atoms with Crippen LogP contribution in [-0.2, 0) is 16.1 Å². The molecular formula is C21H15F2N3O6. The standard InChI is InChI=1S/C21H15F2N3O6/c22-13-3-5-17(16(23)8-13)24(10-15-2-1-7-31-15)20(27)11-25-18-9-14(26(29)30)4-6-19(18)32-12-21(25)28/h1-9H,10-12H2. The van der Waals surface area contributed by atoms with Gasteiger partial charge in [0.15, 0.2) is 6.61 Å². The summed E-state index contributed by atoms with van der Waals surface area (Å²) in [4.78, 5) is 38.2. The van der Waals surface area contributed by atoms with Crippen LogP contribution in [0, 0.1) is 21.7 Å². The summed E-state index contributed by atoms with van der Waals surface area (Å²) in [6.45, 7) is -1.12. The Morgan fingerprint density at radius 2 is 2.00 bits per heavy atom. The molecule has 2 amide bonds. The fourth-order valence-electron chi connectivity index (χ4n) is 3.26. The van der Waals surface area contributed by atoms with E-state index in [4.69, 9.17) is 9.15 Å². The molecule has 11 heteroatoms. The van der Waals surface area contributed by atoms with Crippen LogP contribution in [0.2, 0.25) is 0 Å². The Bertz CT molecular complexity index is 1200. The van der Waals surface area contributed by atoms with Crippen molar-refractivity contribution in [2.45, 2.75) is 6.54 Å². The minimum absolute atomic E-state index is 0.0429. The smallest absolute Gasteiger partial charge is 0.271 e. The zero-order valence-electron chi connectivity index (χ0n) is 16.4. The van der Waals surface area contributed by atoms with Crippen LogP contribution < -0.4 is 14.5 Å². The number of nitro benzene ring substituents is 1. The number of benzene rings is 2. The molecule has 0 N–H and O–H groups in total. The number of fused-ring (bicyclic) bond motifs is 1. The Labute approximate surface area is 179 Å². The molecule has 9 nitrogen and oxygen atoms in total. The molecule has 0 fully saturated rings. The Morgan fingerprint density at radius 3 is 2.69 bits per heavy atom. The highest BCUT2D eigenvalue weighted by atomic mass is 19.1. The molecule has 164 valence electrons. The second kappa shape index (κ2) is 8.46. The Kier molecular flexibility index (Phi) is 5.54. The predicted molar refractivity (Wildman–Crippen MR) is 107 cm³/mol. The average molecular weight is 443 g/mol. The maximum absolute atomic E-state index is 14.5. The minimum atomic E-state index is -0.978. The third-order valence-corrected chi connectivity index (χ3v) is 4.79. The van der Waals surface area contributed by atoms with Gasteiger partial charge in [0, 0.05) is 18.2 Å². The number of non-ortho nitro benzene ring substituents is 1.